The van der Waals surface area contributed by atoms with Gasteiger partial charge in [0, 0.05) is 12.6 Å². The molecule has 2 nitrogen and oxygen atoms in total. The molecule has 96 valence electrons. The van der Waals surface area contributed by atoms with Crippen molar-refractivity contribution in [2.75, 3.05) is 13.2 Å². The van der Waals surface area contributed by atoms with Crippen LogP contribution in [-0.2, 0) is 6.54 Å². The molecule has 0 fully saturated rings. The fourth-order valence-electron chi connectivity index (χ4n) is 2.19. The predicted octanol–water partition coefficient (Wildman–Crippen LogP) is 2.98. The van der Waals surface area contributed by atoms with E-state index in [1.807, 2.05) is 0 Å². The number of hydrogen-bond acceptors (Lipinski definition) is 2. The van der Waals surface area contributed by atoms with Crippen LogP contribution in [0.25, 0.3) is 0 Å². The van der Waals surface area contributed by atoms with Gasteiger partial charge in [-0.2, -0.15) is 0 Å². The van der Waals surface area contributed by atoms with Crippen LogP contribution in [0.2, 0.25) is 0 Å². The average molecular weight is 235 g/mol. The third-order valence-corrected chi connectivity index (χ3v) is 3.34. The van der Waals surface area contributed by atoms with Crippen molar-refractivity contribution in [1.82, 2.24) is 4.90 Å². The van der Waals surface area contributed by atoms with E-state index >= 15 is 0 Å². The van der Waals surface area contributed by atoms with Gasteiger partial charge in [0.15, 0.2) is 0 Å². The van der Waals surface area contributed by atoms with E-state index in [1.54, 1.807) is 0 Å². The van der Waals surface area contributed by atoms with Crippen molar-refractivity contribution in [3.05, 3.63) is 35.4 Å². The molecule has 1 rings (SSSR count). The van der Waals surface area contributed by atoms with Gasteiger partial charge in [0.1, 0.15) is 0 Å². The maximum Gasteiger partial charge on any atom is 0.0586 e. The molecule has 0 unspecified atom stereocenters. The van der Waals surface area contributed by atoms with Crippen molar-refractivity contribution in [1.29, 1.82) is 0 Å². The first-order chi connectivity index (χ1) is 8.22. The molecule has 2 heteroatoms. The van der Waals surface area contributed by atoms with Gasteiger partial charge in [0.2, 0.25) is 0 Å². The number of nitrogens with zero attached hydrogens (tertiary/aromatic N) is 1. The van der Waals surface area contributed by atoms with Crippen LogP contribution in [0.3, 0.4) is 0 Å². The quantitative estimate of drug-likeness (QED) is 0.785. The lowest BCUT2D eigenvalue weighted by Crippen LogP contribution is -2.37. The first-order valence-electron chi connectivity index (χ1n) is 6.62. The molecule has 1 aromatic rings. The molecule has 0 aliphatic rings. The number of aryl methyl sites for hydroxylation is 1. The van der Waals surface area contributed by atoms with E-state index in [1.165, 1.54) is 11.1 Å². The zero-order valence-electron chi connectivity index (χ0n) is 11.3. The highest BCUT2D eigenvalue weighted by Gasteiger charge is 2.15. The Morgan fingerprint density at radius 2 is 1.94 bits per heavy atom. The minimum absolute atomic E-state index is 0.252. The third kappa shape index (κ3) is 4.14. The van der Waals surface area contributed by atoms with Crippen LogP contribution in [0.5, 0.6) is 0 Å². The fraction of sp³-hybridized carbons (Fsp3) is 0.600. The van der Waals surface area contributed by atoms with Gasteiger partial charge in [-0.05, 0) is 37.4 Å². The van der Waals surface area contributed by atoms with Crippen LogP contribution in [0, 0.1) is 6.92 Å². The largest absolute Gasteiger partial charge is 0.395 e. The number of rotatable bonds is 7. The molecule has 1 aromatic carbocycles. The number of benzene rings is 1. The van der Waals surface area contributed by atoms with Gasteiger partial charge >= 0.3 is 0 Å². The highest BCUT2D eigenvalue weighted by molar-refractivity contribution is 5.25. The minimum Gasteiger partial charge on any atom is -0.395 e. The summed E-state index contributed by atoms with van der Waals surface area (Å²) in [6, 6.07) is 8.79. The minimum atomic E-state index is 0.252. The molecule has 0 radical (unpaired) electrons. The fourth-order valence-corrected chi connectivity index (χ4v) is 2.19. The van der Waals surface area contributed by atoms with E-state index in [9.17, 15) is 5.11 Å². The predicted molar refractivity (Wildman–Crippen MR) is 73.0 cm³/mol. The monoisotopic (exact) mass is 235 g/mol. The summed E-state index contributed by atoms with van der Waals surface area (Å²) in [5, 5.41) is 9.43. The molecule has 0 saturated heterocycles. The molecule has 0 aliphatic heterocycles. The molecule has 0 aliphatic carbocycles. The number of hydrogen-bond donors (Lipinski definition) is 1. The Kier molecular flexibility index (Phi) is 6.23. The summed E-state index contributed by atoms with van der Waals surface area (Å²) in [7, 11) is 0. The maximum absolute atomic E-state index is 9.43. The molecular weight excluding hydrogens is 210 g/mol. The first-order valence-corrected chi connectivity index (χ1v) is 6.62. The van der Waals surface area contributed by atoms with Crippen molar-refractivity contribution in [3.63, 3.8) is 0 Å². The highest BCUT2D eigenvalue weighted by atomic mass is 16.3. The van der Waals surface area contributed by atoms with Crippen LogP contribution in [0.15, 0.2) is 24.3 Å². The van der Waals surface area contributed by atoms with Gasteiger partial charge < -0.3 is 5.11 Å². The van der Waals surface area contributed by atoms with Crippen molar-refractivity contribution >= 4 is 0 Å². The first kappa shape index (κ1) is 14.2. The van der Waals surface area contributed by atoms with Gasteiger partial charge in [-0.1, -0.05) is 38.1 Å². The van der Waals surface area contributed by atoms with Crippen LogP contribution in [-0.4, -0.2) is 29.2 Å². The van der Waals surface area contributed by atoms with Gasteiger partial charge in [-0.25, -0.2) is 0 Å². The summed E-state index contributed by atoms with van der Waals surface area (Å²) in [4.78, 5) is 2.39. The van der Waals surface area contributed by atoms with E-state index in [0.717, 1.165) is 25.9 Å². The summed E-state index contributed by atoms with van der Waals surface area (Å²) in [5.74, 6) is 0. The Morgan fingerprint density at radius 3 is 2.47 bits per heavy atom. The van der Waals surface area contributed by atoms with E-state index in [0.29, 0.717) is 0 Å². The molecule has 0 saturated carbocycles. The second-order valence-electron chi connectivity index (χ2n) is 4.64. The van der Waals surface area contributed by atoms with Crippen LogP contribution in [0.1, 0.15) is 37.8 Å². The molecular formula is C15H25NO. The normalized spacial score (nSPS) is 13.0. The zero-order chi connectivity index (χ0) is 12.7. The lowest BCUT2D eigenvalue weighted by atomic mass is 10.1. The standard InChI is InChI=1S/C15H25NO/c1-4-10-16(15(5-2)12-17)11-14-9-7-6-8-13(14)3/h6-9,15,17H,4-5,10-12H2,1-3H3/t15-/m0/s1. The Hall–Kier alpha value is -0.860. The van der Waals surface area contributed by atoms with Crippen molar-refractivity contribution < 1.29 is 5.11 Å². The van der Waals surface area contributed by atoms with E-state index < -0.39 is 0 Å². The zero-order valence-corrected chi connectivity index (χ0v) is 11.3. The molecule has 17 heavy (non-hydrogen) atoms. The molecule has 0 aromatic heterocycles. The van der Waals surface area contributed by atoms with Gasteiger partial charge in [-0.3, -0.25) is 4.90 Å². The van der Waals surface area contributed by atoms with E-state index in [-0.39, 0.29) is 12.6 Å². The van der Waals surface area contributed by atoms with Gasteiger partial charge in [-0.15, -0.1) is 0 Å². The second kappa shape index (κ2) is 7.46. The Bertz CT molecular complexity index is 320. The van der Waals surface area contributed by atoms with E-state index in [4.69, 9.17) is 0 Å². The Labute approximate surface area is 105 Å². The van der Waals surface area contributed by atoms with Crippen LogP contribution < -0.4 is 0 Å². The second-order valence-corrected chi connectivity index (χ2v) is 4.64. The van der Waals surface area contributed by atoms with Gasteiger partial charge in [0.25, 0.3) is 0 Å². The number of aliphatic hydroxyl groups excluding tert-OH is 1. The van der Waals surface area contributed by atoms with Crippen molar-refractivity contribution in [2.24, 2.45) is 0 Å². The topological polar surface area (TPSA) is 23.5 Å². The SMILES string of the molecule is CCCN(Cc1ccccc1C)[C@@H](CC)CO. The summed E-state index contributed by atoms with van der Waals surface area (Å²) < 4.78 is 0. The van der Waals surface area contributed by atoms with Crippen LogP contribution >= 0.6 is 0 Å². The molecule has 0 bridgehead atoms. The smallest absolute Gasteiger partial charge is 0.0586 e. The molecule has 0 amide bonds. The average Bonchev–Trinajstić information content (AvgIpc) is 2.34. The Balaban J connectivity index is 2.75. The van der Waals surface area contributed by atoms with Crippen molar-refractivity contribution in [2.45, 2.75) is 46.2 Å². The highest BCUT2D eigenvalue weighted by Crippen LogP contribution is 2.14. The van der Waals surface area contributed by atoms with Crippen LogP contribution in [0.4, 0.5) is 0 Å². The lowest BCUT2D eigenvalue weighted by Gasteiger charge is -2.30. The summed E-state index contributed by atoms with van der Waals surface area (Å²) >= 11 is 0. The summed E-state index contributed by atoms with van der Waals surface area (Å²) in [6.45, 7) is 8.73. The number of aliphatic hydroxyl groups is 1. The maximum atomic E-state index is 9.43. The summed E-state index contributed by atoms with van der Waals surface area (Å²) in [6.07, 6.45) is 2.13. The Morgan fingerprint density at radius 1 is 1.24 bits per heavy atom. The van der Waals surface area contributed by atoms with Crippen molar-refractivity contribution in [3.8, 4) is 0 Å². The molecule has 0 heterocycles. The molecule has 0 spiro atoms. The molecule has 1 atom stereocenters. The molecule has 1 N–H and O–H groups in total. The lowest BCUT2D eigenvalue weighted by molar-refractivity contribution is 0.113. The van der Waals surface area contributed by atoms with Gasteiger partial charge in [0.05, 0.1) is 6.61 Å². The third-order valence-electron chi connectivity index (χ3n) is 3.34. The summed E-state index contributed by atoms with van der Waals surface area (Å²) in [5.41, 5.74) is 2.70. The van der Waals surface area contributed by atoms with E-state index in [2.05, 4.69) is 49.9 Å².